The monoisotopic (exact) mass is 189 g/mol. The molecule has 2 nitrogen and oxygen atoms in total. The van der Waals surface area contributed by atoms with Gasteiger partial charge >= 0.3 is 0 Å². The van der Waals surface area contributed by atoms with E-state index in [9.17, 15) is 0 Å². The molecule has 0 aliphatic heterocycles. The summed E-state index contributed by atoms with van der Waals surface area (Å²) in [6, 6.07) is 6.26. The van der Waals surface area contributed by atoms with E-state index in [2.05, 4.69) is 19.1 Å². The highest BCUT2D eigenvalue weighted by Crippen LogP contribution is 2.26. The number of hydrogen-bond donors (Lipinski definition) is 1. The van der Waals surface area contributed by atoms with Crippen LogP contribution in [0.4, 0.5) is 0 Å². The zero-order chi connectivity index (χ0) is 10.1. The van der Waals surface area contributed by atoms with Crippen LogP contribution in [0.5, 0.6) is 0 Å². The molecule has 0 saturated heterocycles. The zero-order valence-corrected chi connectivity index (χ0v) is 8.63. The van der Waals surface area contributed by atoms with Crippen molar-refractivity contribution in [1.29, 1.82) is 0 Å². The number of rotatable bonds is 2. The third kappa shape index (κ3) is 1.42. The molecule has 2 heteroatoms. The fraction of sp³-hybridized carbons (Fsp3) is 0.333. The SMILES string of the molecule is Cc1ccc2oc(C)c(CCN)c2c1. The van der Waals surface area contributed by atoms with Crippen LogP contribution in [0.3, 0.4) is 0 Å². The first-order valence-electron chi connectivity index (χ1n) is 4.91. The highest BCUT2D eigenvalue weighted by atomic mass is 16.3. The fourth-order valence-corrected chi connectivity index (χ4v) is 1.84. The van der Waals surface area contributed by atoms with Gasteiger partial charge in [0.1, 0.15) is 11.3 Å². The van der Waals surface area contributed by atoms with E-state index in [1.807, 2.05) is 13.0 Å². The summed E-state index contributed by atoms with van der Waals surface area (Å²) in [4.78, 5) is 0. The Hall–Kier alpha value is -1.28. The standard InChI is InChI=1S/C12H15NO/c1-8-3-4-12-11(7-8)10(5-6-13)9(2)14-12/h3-4,7H,5-6,13H2,1-2H3. The van der Waals surface area contributed by atoms with Crippen LogP contribution in [-0.4, -0.2) is 6.54 Å². The lowest BCUT2D eigenvalue weighted by molar-refractivity contribution is 0.572. The van der Waals surface area contributed by atoms with Gasteiger partial charge in [0.2, 0.25) is 0 Å². The van der Waals surface area contributed by atoms with E-state index >= 15 is 0 Å². The maximum atomic E-state index is 5.65. The number of aryl methyl sites for hydroxylation is 2. The van der Waals surface area contributed by atoms with Crippen molar-refractivity contribution in [3.8, 4) is 0 Å². The molecule has 1 aromatic carbocycles. The number of fused-ring (bicyclic) bond motifs is 1. The molecule has 0 amide bonds. The molecule has 0 aliphatic rings. The van der Waals surface area contributed by atoms with Gasteiger partial charge in [0.15, 0.2) is 0 Å². The van der Waals surface area contributed by atoms with Crippen molar-refractivity contribution in [2.75, 3.05) is 6.54 Å². The van der Waals surface area contributed by atoms with Crippen molar-refractivity contribution in [1.82, 2.24) is 0 Å². The molecule has 0 aliphatic carbocycles. The predicted octanol–water partition coefficient (Wildman–Crippen LogP) is 2.55. The molecule has 0 spiro atoms. The summed E-state index contributed by atoms with van der Waals surface area (Å²) < 4.78 is 5.65. The fourth-order valence-electron chi connectivity index (χ4n) is 1.84. The quantitative estimate of drug-likeness (QED) is 0.788. The molecule has 74 valence electrons. The van der Waals surface area contributed by atoms with Gasteiger partial charge in [-0.15, -0.1) is 0 Å². The molecular formula is C12H15NO. The lowest BCUT2D eigenvalue weighted by Gasteiger charge is -1.96. The Morgan fingerprint density at radius 1 is 1.29 bits per heavy atom. The second kappa shape index (κ2) is 3.46. The Morgan fingerprint density at radius 3 is 2.79 bits per heavy atom. The molecule has 1 heterocycles. The van der Waals surface area contributed by atoms with Gasteiger partial charge in [-0.2, -0.15) is 0 Å². The van der Waals surface area contributed by atoms with Crippen LogP contribution < -0.4 is 5.73 Å². The van der Waals surface area contributed by atoms with Crippen LogP contribution in [-0.2, 0) is 6.42 Å². The van der Waals surface area contributed by atoms with Gasteiger partial charge in [-0.05, 0) is 38.9 Å². The summed E-state index contributed by atoms with van der Waals surface area (Å²) in [5.41, 5.74) is 9.06. The van der Waals surface area contributed by atoms with Crippen LogP contribution in [0.2, 0.25) is 0 Å². The topological polar surface area (TPSA) is 39.2 Å². The van der Waals surface area contributed by atoms with Crippen molar-refractivity contribution in [3.63, 3.8) is 0 Å². The molecular weight excluding hydrogens is 174 g/mol. The van der Waals surface area contributed by atoms with Crippen molar-refractivity contribution >= 4 is 11.0 Å². The minimum absolute atomic E-state index is 0.670. The Labute approximate surface area is 83.7 Å². The van der Waals surface area contributed by atoms with Crippen LogP contribution in [0, 0.1) is 13.8 Å². The minimum atomic E-state index is 0.670. The van der Waals surface area contributed by atoms with Gasteiger partial charge in [0.25, 0.3) is 0 Å². The van der Waals surface area contributed by atoms with E-state index in [0.29, 0.717) is 6.54 Å². The van der Waals surface area contributed by atoms with Crippen LogP contribution >= 0.6 is 0 Å². The van der Waals surface area contributed by atoms with Crippen LogP contribution in [0.15, 0.2) is 22.6 Å². The Morgan fingerprint density at radius 2 is 2.07 bits per heavy atom. The van der Waals surface area contributed by atoms with Gasteiger partial charge < -0.3 is 10.2 Å². The normalized spacial score (nSPS) is 11.1. The molecule has 2 rings (SSSR count). The zero-order valence-electron chi connectivity index (χ0n) is 8.63. The van der Waals surface area contributed by atoms with E-state index in [1.165, 1.54) is 16.5 Å². The summed E-state index contributed by atoms with van der Waals surface area (Å²) in [6.07, 6.45) is 0.891. The van der Waals surface area contributed by atoms with Gasteiger partial charge in [-0.25, -0.2) is 0 Å². The first kappa shape index (κ1) is 9.28. The summed E-state index contributed by atoms with van der Waals surface area (Å²) in [5, 5.41) is 1.22. The molecule has 0 atom stereocenters. The summed E-state index contributed by atoms with van der Waals surface area (Å²) in [7, 11) is 0. The van der Waals surface area contributed by atoms with Gasteiger partial charge in [0, 0.05) is 10.9 Å². The van der Waals surface area contributed by atoms with Crippen molar-refractivity contribution in [3.05, 3.63) is 35.1 Å². The Bertz CT molecular complexity index is 457. The molecule has 14 heavy (non-hydrogen) atoms. The number of benzene rings is 1. The summed E-state index contributed by atoms with van der Waals surface area (Å²) >= 11 is 0. The largest absolute Gasteiger partial charge is 0.461 e. The highest BCUT2D eigenvalue weighted by molar-refractivity contribution is 5.83. The lowest BCUT2D eigenvalue weighted by atomic mass is 10.1. The van der Waals surface area contributed by atoms with E-state index in [-0.39, 0.29) is 0 Å². The van der Waals surface area contributed by atoms with Crippen LogP contribution in [0.1, 0.15) is 16.9 Å². The third-order valence-corrected chi connectivity index (χ3v) is 2.54. The van der Waals surface area contributed by atoms with Crippen molar-refractivity contribution in [2.24, 2.45) is 5.73 Å². The average Bonchev–Trinajstić information content (AvgIpc) is 2.45. The molecule has 2 aromatic rings. The van der Waals surface area contributed by atoms with E-state index in [4.69, 9.17) is 10.2 Å². The van der Waals surface area contributed by atoms with E-state index in [0.717, 1.165) is 17.8 Å². The average molecular weight is 189 g/mol. The molecule has 0 unspecified atom stereocenters. The number of nitrogens with two attached hydrogens (primary N) is 1. The third-order valence-electron chi connectivity index (χ3n) is 2.54. The highest BCUT2D eigenvalue weighted by Gasteiger charge is 2.09. The van der Waals surface area contributed by atoms with E-state index in [1.54, 1.807) is 0 Å². The van der Waals surface area contributed by atoms with Crippen molar-refractivity contribution in [2.45, 2.75) is 20.3 Å². The summed E-state index contributed by atoms with van der Waals surface area (Å²) in [5.74, 6) is 0.996. The van der Waals surface area contributed by atoms with Gasteiger partial charge in [-0.3, -0.25) is 0 Å². The molecule has 0 bridgehead atoms. The number of hydrogen-bond acceptors (Lipinski definition) is 2. The first-order valence-corrected chi connectivity index (χ1v) is 4.91. The molecule has 0 radical (unpaired) electrons. The Balaban J connectivity index is 2.66. The molecule has 0 saturated carbocycles. The molecule has 1 aromatic heterocycles. The first-order chi connectivity index (χ1) is 6.72. The van der Waals surface area contributed by atoms with Gasteiger partial charge in [0.05, 0.1) is 0 Å². The lowest BCUT2D eigenvalue weighted by Crippen LogP contribution is -2.02. The van der Waals surface area contributed by atoms with E-state index < -0.39 is 0 Å². The van der Waals surface area contributed by atoms with Crippen molar-refractivity contribution < 1.29 is 4.42 Å². The minimum Gasteiger partial charge on any atom is -0.461 e. The summed E-state index contributed by atoms with van der Waals surface area (Å²) in [6.45, 7) is 4.76. The number of furan rings is 1. The predicted molar refractivity (Wildman–Crippen MR) is 58.4 cm³/mol. The maximum absolute atomic E-state index is 5.65. The smallest absolute Gasteiger partial charge is 0.134 e. The van der Waals surface area contributed by atoms with Gasteiger partial charge in [-0.1, -0.05) is 11.6 Å². The second-order valence-corrected chi connectivity index (χ2v) is 3.68. The molecule has 0 fully saturated rings. The maximum Gasteiger partial charge on any atom is 0.134 e. The Kier molecular flexibility index (Phi) is 2.30. The molecule has 2 N–H and O–H groups in total. The second-order valence-electron chi connectivity index (χ2n) is 3.68. The van der Waals surface area contributed by atoms with Crippen LogP contribution in [0.25, 0.3) is 11.0 Å².